The fourth-order valence-electron chi connectivity index (χ4n) is 3.11. The molecule has 7 heteroatoms. The van der Waals surface area contributed by atoms with E-state index in [9.17, 15) is 10.2 Å². The maximum atomic E-state index is 10.4. The monoisotopic (exact) mass is 488 g/mol. The van der Waals surface area contributed by atoms with Gasteiger partial charge in [0, 0.05) is 17.9 Å². The van der Waals surface area contributed by atoms with Gasteiger partial charge in [-0.15, -0.1) is 18.2 Å². The topological polar surface area (TPSA) is 71.0 Å². The Labute approximate surface area is 239 Å². The maximum Gasteiger partial charge on any atom is 1.00 e. The van der Waals surface area contributed by atoms with Crippen LogP contribution in [-0.2, 0) is 10.2 Å². The van der Waals surface area contributed by atoms with Crippen LogP contribution in [0.5, 0.6) is 11.5 Å². The number of unbranched alkanes of at least 4 members (excludes halogenated alkanes) is 1. The van der Waals surface area contributed by atoms with Crippen molar-refractivity contribution in [2.24, 2.45) is 0 Å². The van der Waals surface area contributed by atoms with Crippen LogP contribution in [0.4, 0.5) is 0 Å². The van der Waals surface area contributed by atoms with E-state index in [1.54, 1.807) is 0 Å². The fourth-order valence-corrected chi connectivity index (χ4v) is 3.22. The Bertz CT molecular complexity index is 737. The van der Waals surface area contributed by atoms with Crippen molar-refractivity contribution in [1.82, 2.24) is 0 Å². The van der Waals surface area contributed by atoms with E-state index in [-0.39, 0.29) is 76.6 Å². The quantitative estimate of drug-likeness (QED) is 0.229. The van der Waals surface area contributed by atoms with Crippen LogP contribution < -0.4 is 66.0 Å². The van der Waals surface area contributed by atoms with E-state index in [4.69, 9.17) is 25.8 Å². The Morgan fingerprint density at radius 2 is 1.41 bits per heavy atom. The summed E-state index contributed by atoms with van der Waals surface area (Å²) < 4.78 is 16.7. The first kappa shape index (κ1) is 29.9. The molecule has 32 heavy (non-hydrogen) atoms. The van der Waals surface area contributed by atoms with Crippen molar-refractivity contribution in [1.29, 1.82) is 0 Å². The largest absolute Gasteiger partial charge is 1.00 e. The van der Waals surface area contributed by atoms with Gasteiger partial charge < -0.3 is 24.4 Å². The van der Waals surface area contributed by atoms with Gasteiger partial charge in [0.05, 0.1) is 13.2 Å². The van der Waals surface area contributed by atoms with Crippen LogP contribution in [-0.4, -0.2) is 50.1 Å². The van der Waals surface area contributed by atoms with Crippen molar-refractivity contribution >= 4 is 11.6 Å². The third-order valence-electron chi connectivity index (χ3n) is 5.13. The van der Waals surface area contributed by atoms with E-state index in [1.807, 2.05) is 36.4 Å². The Morgan fingerprint density at radius 1 is 0.844 bits per heavy atom. The van der Waals surface area contributed by atoms with Gasteiger partial charge in [-0.2, -0.15) is 0 Å². The number of rotatable bonds is 15. The molecule has 0 saturated heterocycles. The Morgan fingerprint density at radius 3 is 1.94 bits per heavy atom. The molecule has 0 saturated carbocycles. The molecule has 172 valence electrons. The number of aliphatic hydroxyl groups is 1. The van der Waals surface area contributed by atoms with Crippen LogP contribution >= 0.6 is 11.6 Å². The van der Waals surface area contributed by atoms with Gasteiger partial charge in [-0.05, 0) is 48.2 Å². The predicted octanol–water partition coefficient (Wildman–Crippen LogP) is 0.921. The average molecular weight is 489 g/mol. The summed E-state index contributed by atoms with van der Waals surface area (Å²) in [5.74, 6) is 2.15. The molecule has 2 aromatic rings. The molecular weight excluding hydrogens is 455 g/mol. The second kappa shape index (κ2) is 16.5. The van der Waals surface area contributed by atoms with Crippen LogP contribution in [0.1, 0.15) is 44.2 Å². The SMILES string of the molecule is CC(C)(c1ccc(OCCCCl)cc1)c1ccc(OCC(O)COCCCC[O-])cc1.[K+]. The van der Waals surface area contributed by atoms with Crippen LogP contribution in [0, 0.1) is 0 Å². The summed E-state index contributed by atoms with van der Waals surface area (Å²) in [6.07, 6.45) is 1.45. The van der Waals surface area contributed by atoms with Gasteiger partial charge in [-0.3, -0.25) is 0 Å². The zero-order valence-electron chi connectivity index (χ0n) is 19.5. The summed E-state index contributed by atoms with van der Waals surface area (Å²) in [4.78, 5) is 0. The minimum Gasteiger partial charge on any atom is -0.854 e. The number of halogens is 1. The molecule has 2 rings (SSSR count). The molecule has 0 aliphatic rings. The average Bonchev–Trinajstić information content (AvgIpc) is 2.78. The van der Waals surface area contributed by atoms with Crippen molar-refractivity contribution in [3.63, 3.8) is 0 Å². The zero-order valence-corrected chi connectivity index (χ0v) is 23.4. The van der Waals surface area contributed by atoms with Gasteiger partial charge in [0.25, 0.3) is 0 Å². The summed E-state index contributed by atoms with van der Waals surface area (Å²) in [5.41, 5.74) is 2.18. The molecule has 0 spiro atoms. The van der Waals surface area contributed by atoms with Crippen LogP contribution in [0.3, 0.4) is 0 Å². The van der Waals surface area contributed by atoms with Crippen molar-refractivity contribution in [3.8, 4) is 11.5 Å². The van der Waals surface area contributed by atoms with E-state index in [1.165, 1.54) is 5.56 Å². The van der Waals surface area contributed by atoms with Crippen molar-refractivity contribution in [2.75, 3.05) is 38.9 Å². The molecule has 0 aromatic heterocycles. The molecule has 0 aliphatic heterocycles. The second-order valence-electron chi connectivity index (χ2n) is 8.02. The summed E-state index contributed by atoms with van der Waals surface area (Å²) >= 11 is 5.69. The van der Waals surface area contributed by atoms with Gasteiger partial charge in [0.1, 0.15) is 24.2 Å². The van der Waals surface area contributed by atoms with Gasteiger partial charge >= 0.3 is 51.4 Å². The molecule has 0 bridgehead atoms. The standard InChI is InChI=1S/C25H34ClO5.K/c1-25(2,20-6-10-23(11-7-20)30-17-5-14-26)21-8-12-24(13-9-21)31-19-22(28)18-29-16-4-3-15-27;/h6-13,22,28H,3-5,14-19H2,1-2H3;/q-1;+1. The van der Waals surface area contributed by atoms with Crippen LogP contribution in [0.25, 0.3) is 0 Å². The van der Waals surface area contributed by atoms with Gasteiger partial charge in [0.15, 0.2) is 0 Å². The minimum atomic E-state index is -0.700. The summed E-state index contributed by atoms with van der Waals surface area (Å²) in [6.45, 7) is 5.75. The second-order valence-corrected chi connectivity index (χ2v) is 8.39. The first-order valence-corrected chi connectivity index (χ1v) is 11.4. The Kier molecular flexibility index (Phi) is 15.4. The van der Waals surface area contributed by atoms with E-state index >= 15 is 0 Å². The van der Waals surface area contributed by atoms with Crippen molar-refractivity contribution < 1.29 is 75.8 Å². The van der Waals surface area contributed by atoms with E-state index in [0.29, 0.717) is 31.3 Å². The maximum absolute atomic E-state index is 10.4. The number of hydrogen-bond donors (Lipinski definition) is 1. The van der Waals surface area contributed by atoms with Gasteiger partial charge in [-0.1, -0.05) is 44.5 Å². The van der Waals surface area contributed by atoms with E-state index in [0.717, 1.165) is 24.2 Å². The van der Waals surface area contributed by atoms with Gasteiger partial charge in [-0.25, -0.2) is 0 Å². The number of ether oxygens (including phenoxy) is 3. The molecule has 1 N–H and O–H groups in total. The van der Waals surface area contributed by atoms with E-state index in [2.05, 4.69) is 26.0 Å². The van der Waals surface area contributed by atoms with Crippen molar-refractivity contribution in [2.45, 2.75) is 44.6 Å². The number of benzene rings is 2. The summed E-state index contributed by atoms with van der Waals surface area (Å²) in [6, 6.07) is 16.1. The molecule has 1 unspecified atom stereocenters. The van der Waals surface area contributed by atoms with Crippen LogP contribution in [0.15, 0.2) is 48.5 Å². The molecular formula is C25H34ClKO5. The minimum absolute atomic E-state index is 0. The molecule has 0 fully saturated rings. The number of alkyl halides is 1. The Hall–Kier alpha value is -0.154. The third-order valence-corrected chi connectivity index (χ3v) is 5.40. The first-order chi connectivity index (χ1) is 15.0. The molecule has 0 heterocycles. The zero-order chi connectivity index (χ0) is 22.5. The summed E-state index contributed by atoms with van der Waals surface area (Å²) in [7, 11) is 0. The molecule has 1 atom stereocenters. The molecule has 0 radical (unpaired) electrons. The normalized spacial score (nSPS) is 12.2. The molecule has 0 aliphatic carbocycles. The van der Waals surface area contributed by atoms with Crippen LogP contribution in [0.2, 0.25) is 0 Å². The van der Waals surface area contributed by atoms with E-state index < -0.39 is 6.10 Å². The number of hydrogen-bond acceptors (Lipinski definition) is 5. The fraction of sp³-hybridized carbons (Fsp3) is 0.520. The predicted molar refractivity (Wildman–Crippen MR) is 122 cm³/mol. The first-order valence-electron chi connectivity index (χ1n) is 10.8. The van der Waals surface area contributed by atoms with Gasteiger partial charge in [0.2, 0.25) is 0 Å². The smallest absolute Gasteiger partial charge is 0.854 e. The number of aliphatic hydroxyl groups excluding tert-OH is 1. The summed E-state index contributed by atoms with van der Waals surface area (Å²) in [5, 5.41) is 20.3. The third kappa shape index (κ3) is 10.4. The van der Waals surface area contributed by atoms with Crippen molar-refractivity contribution in [3.05, 3.63) is 59.7 Å². The molecule has 0 amide bonds. The Balaban J connectivity index is 0.00000512. The molecule has 2 aromatic carbocycles. The molecule has 5 nitrogen and oxygen atoms in total.